The molecule has 20 heavy (non-hydrogen) atoms. The van der Waals surface area contributed by atoms with Crippen LogP contribution < -0.4 is 4.74 Å². The van der Waals surface area contributed by atoms with E-state index >= 15 is 0 Å². The molecule has 1 aromatic heterocycles. The average molecular weight is 273 g/mol. The highest BCUT2D eigenvalue weighted by atomic mass is 16.5. The fourth-order valence-corrected chi connectivity index (χ4v) is 2.53. The molecule has 1 aliphatic heterocycles. The van der Waals surface area contributed by atoms with Gasteiger partial charge in [-0.1, -0.05) is 18.6 Å². The molecule has 1 aliphatic rings. The molecule has 0 aliphatic carbocycles. The first-order valence-electron chi connectivity index (χ1n) is 7.14. The van der Waals surface area contributed by atoms with Crippen LogP contribution in [0, 0.1) is 0 Å². The van der Waals surface area contributed by atoms with Crippen LogP contribution in [0.2, 0.25) is 0 Å². The van der Waals surface area contributed by atoms with Crippen molar-refractivity contribution in [1.29, 1.82) is 0 Å². The Bertz CT molecular complexity index is 522. The summed E-state index contributed by atoms with van der Waals surface area (Å²) >= 11 is 0. The van der Waals surface area contributed by atoms with Crippen LogP contribution in [0.3, 0.4) is 0 Å². The molecule has 5 nitrogen and oxygen atoms in total. The van der Waals surface area contributed by atoms with Crippen molar-refractivity contribution in [3.8, 4) is 17.2 Å². The average Bonchev–Trinajstić information content (AvgIpc) is 3.03. The summed E-state index contributed by atoms with van der Waals surface area (Å²) in [6, 6.07) is 7.77. The smallest absolute Gasteiger partial charge is 0.251 e. The number of ether oxygens (including phenoxy) is 1. The summed E-state index contributed by atoms with van der Waals surface area (Å²) < 4.78 is 11.1. The number of hydrogen-bond donors (Lipinski definition) is 0. The largest absolute Gasteiger partial charge is 0.491 e. The van der Waals surface area contributed by atoms with Gasteiger partial charge in [-0.05, 0) is 38.1 Å². The van der Waals surface area contributed by atoms with E-state index in [1.54, 1.807) is 0 Å². The summed E-state index contributed by atoms with van der Waals surface area (Å²) in [6.45, 7) is 4.03. The molecule has 0 bridgehead atoms. The van der Waals surface area contributed by atoms with Gasteiger partial charge in [0.25, 0.3) is 5.89 Å². The van der Waals surface area contributed by atoms with Gasteiger partial charge in [-0.3, -0.25) is 4.90 Å². The van der Waals surface area contributed by atoms with Crippen LogP contribution in [0.1, 0.15) is 19.3 Å². The minimum Gasteiger partial charge on any atom is -0.491 e. The van der Waals surface area contributed by atoms with Crippen molar-refractivity contribution >= 4 is 0 Å². The number of hydrogen-bond acceptors (Lipinski definition) is 5. The van der Waals surface area contributed by atoms with E-state index in [4.69, 9.17) is 9.15 Å². The number of aromatic nitrogens is 2. The third kappa shape index (κ3) is 3.17. The zero-order chi connectivity index (χ0) is 13.6. The predicted octanol–water partition coefficient (Wildman–Crippen LogP) is 2.60. The van der Waals surface area contributed by atoms with E-state index in [1.165, 1.54) is 38.7 Å². The molecule has 1 saturated heterocycles. The lowest BCUT2D eigenvalue weighted by Crippen LogP contribution is -2.33. The van der Waals surface area contributed by atoms with Gasteiger partial charge in [0.05, 0.1) is 5.56 Å². The summed E-state index contributed by atoms with van der Waals surface area (Å²) in [7, 11) is 0. The molecule has 0 unspecified atom stereocenters. The van der Waals surface area contributed by atoms with Gasteiger partial charge >= 0.3 is 0 Å². The lowest BCUT2D eigenvalue weighted by atomic mass is 10.1. The molecule has 2 aromatic rings. The molecule has 0 saturated carbocycles. The summed E-state index contributed by atoms with van der Waals surface area (Å²) in [5.41, 5.74) is 0.851. The zero-order valence-electron chi connectivity index (χ0n) is 11.5. The van der Waals surface area contributed by atoms with E-state index in [1.807, 2.05) is 24.3 Å². The van der Waals surface area contributed by atoms with E-state index < -0.39 is 0 Å². The quantitative estimate of drug-likeness (QED) is 0.838. The first kappa shape index (κ1) is 13.1. The van der Waals surface area contributed by atoms with Gasteiger partial charge < -0.3 is 9.15 Å². The SMILES string of the molecule is c1ccc(-c2nnco2)c(OCCN2CCCCC2)c1. The topological polar surface area (TPSA) is 51.4 Å². The van der Waals surface area contributed by atoms with Crippen LogP contribution in [0.4, 0.5) is 0 Å². The van der Waals surface area contributed by atoms with Gasteiger partial charge in [0.2, 0.25) is 6.39 Å². The van der Waals surface area contributed by atoms with Crippen molar-refractivity contribution in [2.45, 2.75) is 19.3 Å². The number of benzene rings is 1. The van der Waals surface area contributed by atoms with Gasteiger partial charge in [0, 0.05) is 6.54 Å². The lowest BCUT2D eigenvalue weighted by molar-refractivity contribution is 0.183. The predicted molar refractivity (Wildman–Crippen MR) is 75.5 cm³/mol. The van der Waals surface area contributed by atoms with Gasteiger partial charge in [-0.15, -0.1) is 10.2 Å². The fraction of sp³-hybridized carbons (Fsp3) is 0.467. The Morgan fingerprint density at radius 2 is 2.00 bits per heavy atom. The highest BCUT2D eigenvalue weighted by Gasteiger charge is 2.12. The van der Waals surface area contributed by atoms with E-state index in [9.17, 15) is 0 Å². The maximum atomic E-state index is 5.89. The number of likely N-dealkylation sites (tertiary alicyclic amines) is 1. The number of para-hydroxylation sites is 1. The van der Waals surface area contributed by atoms with Crippen molar-refractivity contribution in [2.24, 2.45) is 0 Å². The molecule has 0 spiro atoms. The Kier molecular flexibility index (Phi) is 4.28. The first-order chi connectivity index (χ1) is 9.93. The molecular formula is C15H19N3O2. The Labute approximate surface area is 118 Å². The monoisotopic (exact) mass is 273 g/mol. The Morgan fingerprint density at radius 3 is 2.80 bits per heavy atom. The Hall–Kier alpha value is -1.88. The highest BCUT2D eigenvalue weighted by Crippen LogP contribution is 2.27. The van der Waals surface area contributed by atoms with Crippen LogP contribution >= 0.6 is 0 Å². The maximum Gasteiger partial charge on any atom is 0.251 e. The Balaban J connectivity index is 1.60. The van der Waals surface area contributed by atoms with E-state index in [2.05, 4.69) is 15.1 Å². The second-order valence-corrected chi connectivity index (χ2v) is 4.99. The normalized spacial score (nSPS) is 16.2. The number of piperidine rings is 1. The van der Waals surface area contributed by atoms with Crippen molar-refractivity contribution in [3.63, 3.8) is 0 Å². The molecule has 3 rings (SSSR count). The molecule has 2 heterocycles. The molecule has 0 radical (unpaired) electrons. The van der Waals surface area contributed by atoms with Crippen LogP contribution in [-0.4, -0.2) is 41.3 Å². The van der Waals surface area contributed by atoms with Crippen molar-refractivity contribution in [1.82, 2.24) is 15.1 Å². The summed E-state index contributed by atoms with van der Waals surface area (Å²) in [5, 5.41) is 7.65. The maximum absolute atomic E-state index is 5.89. The van der Waals surface area contributed by atoms with Gasteiger partial charge in [0.15, 0.2) is 0 Å². The third-order valence-corrected chi connectivity index (χ3v) is 3.59. The molecule has 0 atom stereocenters. The second-order valence-electron chi connectivity index (χ2n) is 4.99. The van der Waals surface area contributed by atoms with Crippen molar-refractivity contribution in [3.05, 3.63) is 30.7 Å². The van der Waals surface area contributed by atoms with Crippen LogP contribution in [0.15, 0.2) is 35.1 Å². The molecule has 5 heteroatoms. The minimum absolute atomic E-state index is 0.499. The van der Waals surface area contributed by atoms with Crippen molar-refractivity contribution < 1.29 is 9.15 Å². The van der Waals surface area contributed by atoms with Gasteiger partial charge in [-0.2, -0.15) is 0 Å². The van der Waals surface area contributed by atoms with Crippen LogP contribution in [-0.2, 0) is 0 Å². The summed E-state index contributed by atoms with van der Waals surface area (Å²) in [6.07, 6.45) is 5.30. The van der Waals surface area contributed by atoms with Crippen LogP contribution in [0.5, 0.6) is 5.75 Å². The molecule has 106 valence electrons. The first-order valence-corrected chi connectivity index (χ1v) is 7.14. The van der Waals surface area contributed by atoms with Gasteiger partial charge in [-0.25, -0.2) is 0 Å². The third-order valence-electron chi connectivity index (χ3n) is 3.59. The molecular weight excluding hydrogens is 254 g/mol. The van der Waals surface area contributed by atoms with Crippen molar-refractivity contribution in [2.75, 3.05) is 26.2 Å². The molecule has 1 aromatic carbocycles. The summed E-state index contributed by atoms with van der Waals surface area (Å²) in [5.74, 6) is 1.30. The standard InChI is InChI=1S/C15H19N3O2/c1-4-8-18(9-5-1)10-11-19-14-7-3-2-6-13(14)15-17-16-12-20-15/h2-3,6-7,12H,1,4-5,8-11H2. The molecule has 1 fully saturated rings. The van der Waals surface area contributed by atoms with E-state index in [-0.39, 0.29) is 0 Å². The van der Waals surface area contributed by atoms with E-state index in [0.717, 1.165) is 17.9 Å². The van der Waals surface area contributed by atoms with Crippen LogP contribution in [0.25, 0.3) is 11.5 Å². The minimum atomic E-state index is 0.499. The second kappa shape index (κ2) is 6.52. The number of rotatable bonds is 5. The van der Waals surface area contributed by atoms with Gasteiger partial charge in [0.1, 0.15) is 12.4 Å². The lowest BCUT2D eigenvalue weighted by Gasteiger charge is -2.26. The Morgan fingerprint density at radius 1 is 1.15 bits per heavy atom. The molecule has 0 N–H and O–H groups in total. The van der Waals surface area contributed by atoms with E-state index in [0.29, 0.717) is 12.5 Å². The fourth-order valence-electron chi connectivity index (χ4n) is 2.53. The summed E-state index contributed by atoms with van der Waals surface area (Å²) in [4.78, 5) is 2.46. The number of nitrogens with zero attached hydrogens (tertiary/aromatic N) is 3. The zero-order valence-corrected chi connectivity index (χ0v) is 11.5. The molecule has 0 amide bonds. The highest BCUT2D eigenvalue weighted by molar-refractivity contribution is 5.61.